The van der Waals surface area contributed by atoms with Crippen LogP contribution in [0.3, 0.4) is 0 Å². The summed E-state index contributed by atoms with van der Waals surface area (Å²) in [6.45, 7) is 2.25. The van der Waals surface area contributed by atoms with Crippen molar-refractivity contribution in [3.63, 3.8) is 0 Å². The normalized spacial score (nSPS) is 19.8. The van der Waals surface area contributed by atoms with E-state index in [0.29, 0.717) is 24.7 Å². The minimum Gasteiger partial charge on any atom is -0.369 e. The van der Waals surface area contributed by atoms with Crippen molar-refractivity contribution in [1.29, 1.82) is 0 Å². The van der Waals surface area contributed by atoms with Gasteiger partial charge in [0.2, 0.25) is 21.8 Å². The highest BCUT2D eigenvalue weighted by Crippen LogP contribution is 2.33. The third kappa shape index (κ3) is 8.30. The first-order valence-corrected chi connectivity index (χ1v) is 16.5. The molecule has 0 unspecified atom stereocenters. The number of fused-ring (bicyclic) bond motifs is 1. The number of hydrogen-bond acceptors (Lipinski definition) is 5. The Bertz CT molecular complexity index is 1630. The molecule has 8 nitrogen and oxygen atoms in total. The molecule has 1 saturated heterocycles. The molecule has 0 spiro atoms. The number of rotatable bonds is 10. The summed E-state index contributed by atoms with van der Waals surface area (Å²) in [5, 5.41) is 3.06. The Labute approximate surface area is 261 Å². The number of halogens is 3. The molecule has 1 aliphatic heterocycles. The lowest BCUT2D eigenvalue weighted by atomic mass is 9.86. The molecule has 2 amide bonds. The minimum absolute atomic E-state index is 0.134. The number of nitrogens with zero attached hydrogens (tertiary/aromatic N) is 1. The summed E-state index contributed by atoms with van der Waals surface area (Å²) in [4.78, 5) is 26.8. The second-order valence-electron chi connectivity index (χ2n) is 11.8. The van der Waals surface area contributed by atoms with E-state index >= 15 is 0 Å². The predicted molar refractivity (Wildman–Crippen MR) is 163 cm³/mol. The van der Waals surface area contributed by atoms with E-state index in [2.05, 4.69) is 21.0 Å². The van der Waals surface area contributed by atoms with Crippen LogP contribution in [0.4, 0.5) is 13.2 Å². The van der Waals surface area contributed by atoms with Gasteiger partial charge in [-0.1, -0.05) is 54.6 Å². The molecule has 12 heteroatoms. The molecule has 1 fully saturated rings. The summed E-state index contributed by atoms with van der Waals surface area (Å²) in [6, 6.07) is 16.9. The third-order valence-corrected chi connectivity index (χ3v) is 10.0. The molecule has 5 rings (SSSR count). The zero-order valence-corrected chi connectivity index (χ0v) is 25.5. The van der Waals surface area contributed by atoms with Gasteiger partial charge < -0.3 is 11.1 Å². The smallest absolute Gasteiger partial charge is 0.369 e. The summed E-state index contributed by atoms with van der Waals surface area (Å²) >= 11 is 0. The van der Waals surface area contributed by atoms with Gasteiger partial charge in [-0.25, -0.2) is 13.1 Å². The molecule has 1 aliphatic carbocycles. The average Bonchev–Trinajstić information content (AvgIpc) is 3.01. The highest BCUT2D eigenvalue weighted by atomic mass is 32.2. The number of hydrogen-bond donors (Lipinski definition) is 3. The van der Waals surface area contributed by atoms with Crippen molar-refractivity contribution >= 4 is 21.8 Å². The Morgan fingerprint density at radius 2 is 1.76 bits per heavy atom. The van der Waals surface area contributed by atoms with E-state index in [9.17, 15) is 31.2 Å². The fourth-order valence-corrected chi connectivity index (χ4v) is 7.52. The molecule has 3 atom stereocenters. The van der Waals surface area contributed by atoms with Crippen molar-refractivity contribution in [2.45, 2.75) is 68.2 Å². The number of likely N-dealkylation sites (tertiary alicyclic amines) is 1. The van der Waals surface area contributed by atoms with Crippen LogP contribution in [-0.2, 0) is 38.8 Å². The van der Waals surface area contributed by atoms with E-state index in [0.717, 1.165) is 73.5 Å². The quantitative estimate of drug-likeness (QED) is 0.287. The molecular formula is C33H37F3N4O4S. The van der Waals surface area contributed by atoms with Crippen LogP contribution in [0.2, 0.25) is 0 Å². The van der Waals surface area contributed by atoms with Crippen LogP contribution in [0.1, 0.15) is 72.0 Å². The number of piperidine rings is 1. The number of carbonyl (C=O) groups is 2. The Morgan fingerprint density at radius 1 is 0.978 bits per heavy atom. The number of primary amides is 1. The monoisotopic (exact) mass is 642 g/mol. The van der Waals surface area contributed by atoms with E-state index in [1.54, 1.807) is 30.3 Å². The van der Waals surface area contributed by atoms with Gasteiger partial charge >= 0.3 is 6.18 Å². The lowest BCUT2D eigenvalue weighted by molar-refractivity contribution is -0.137. The molecule has 240 valence electrons. The number of nitrogens with one attached hydrogen (secondary N) is 2. The van der Waals surface area contributed by atoms with Gasteiger partial charge in [-0.2, -0.15) is 13.2 Å². The maximum atomic E-state index is 13.4. The number of sulfonamides is 1. The van der Waals surface area contributed by atoms with Crippen molar-refractivity contribution in [3.05, 3.63) is 101 Å². The van der Waals surface area contributed by atoms with E-state index in [4.69, 9.17) is 5.73 Å². The van der Waals surface area contributed by atoms with Crippen LogP contribution in [-0.4, -0.2) is 38.2 Å². The molecule has 3 aromatic carbocycles. The second-order valence-corrected chi connectivity index (χ2v) is 13.6. The minimum atomic E-state index is -4.71. The second kappa shape index (κ2) is 13.7. The average molecular weight is 643 g/mol. The van der Waals surface area contributed by atoms with E-state index in [1.807, 2.05) is 12.1 Å². The van der Waals surface area contributed by atoms with Crippen LogP contribution in [0.25, 0.3) is 0 Å². The number of aryl methyl sites for hydroxylation is 1. The zero-order chi connectivity index (χ0) is 32.2. The largest absolute Gasteiger partial charge is 0.416 e. The predicted octanol–water partition coefficient (Wildman–Crippen LogP) is 5.01. The maximum absolute atomic E-state index is 13.4. The fourth-order valence-electron chi connectivity index (χ4n) is 6.25. The molecule has 0 aromatic heterocycles. The molecule has 4 N–H and O–H groups in total. The number of amides is 2. The van der Waals surface area contributed by atoms with Crippen LogP contribution >= 0.6 is 0 Å². The van der Waals surface area contributed by atoms with Gasteiger partial charge in [0, 0.05) is 19.5 Å². The lowest BCUT2D eigenvalue weighted by Crippen LogP contribution is -2.40. The lowest BCUT2D eigenvalue weighted by Gasteiger charge is -2.32. The Kier molecular flexibility index (Phi) is 9.95. The van der Waals surface area contributed by atoms with E-state index in [1.165, 1.54) is 0 Å². The van der Waals surface area contributed by atoms with Gasteiger partial charge in [0.25, 0.3) is 0 Å². The van der Waals surface area contributed by atoms with Gasteiger partial charge in [-0.3, -0.25) is 14.5 Å². The zero-order valence-electron chi connectivity index (χ0n) is 24.7. The van der Waals surface area contributed by atoms with Gasteiger partial charge in [-0.05, 0) is 79.1 Å². The molecule has 2 aliphatic rings. The molecule has 1 heterocycles. The maximum Gasteiger partial charge on any atom is 0.416 e. The van der Waals surface area contributed by atoms with Crippen molar-refractivity contribution in [1.82, 2.24) is 14.9 Å². The van der Waals surface area contributed by atoms with Gasteiger partial charge in [0.05, 0.1) is 28.5 Å². The summed E-state index contributed by atoms with van der Waals surface area (Å²) < 4.78 is 68.7. The standard InChI is InChI=1S/C33H37F3N4O4S/c34-33(35,36)26-11-5-12-27(18-26)45(43,44)39-30(23-7-2-1-3-8-23)19-31(41)38-29-13-4-9-24-17-22(14-15-28(24)29)20-40-16-6-10-25(21-40)32(37)42/h1-3,5,7-8,11-12,14-15,17-18,25,29-30,39H,4,6,9-10,13,16,19-21H2,(H2,37,42)(H,38,41)/t25-,29+,30+/m0/s1. The van der Waals surface area contributed by atoms with E-state index < -0.39 is 32.7 Å². The third-order valence-electron chi connectivity index (χ3n) is 8.53. The molecule has 3 aromatic rings. The fraction of sp³-hybridized carbons (Fsp3) is 0.394. The summed E-state index contributed by atoms with van der Waals surface area (Å²) in [5.74, 6) is -0.782. The van der Waals surface area contributed by atoms with Crippen LogP contribution in [0.5, 0.6) is 0 Å². The van der Waals surface area contributed by atoms with Crippen LogP contribution in [0, 0.1) is 5.92 Å². The number of nitrogens with two attached hydrogens (primary N) is 1. The summed E-state index contributed by atoms with van der Waals surface area (Å²) in [5.41, 5.74) is 8.23. The topological polar surface area (TPSA) is 122 Å². The molecule has 45 heavy (non-hydrogen) atoms. The Hall–Kier alpha value is -3.74. The highest BCUT2D eigenvalue weighted by molar-refractivity contribution is 7.89. The molecule has 0 radical (unpaired) electrons. The SMILES string of the molecule is NC(=O)[C@H]1CCCN(Cc2ccc3c(c2)CCC[C@H]3NC(=O)C[C@@H](NS(=O)(=O)c2cccc(C(F)(F)F)c2)c2ccccc2)C1. The summed E-state index contributed by atoms with van der Waals surface area (Å²) in [6.07, 6.45) is -0.772. The van der Waals surface area contributed by atoms with Gasteiger partial charge in [0.15, 0.2) is 0 Å². The van der Waals surface area contributed by atoms with Crippen molar-refractivity contribution in [2.75, 3.05) is 13.1 Å². The first-order chi connectivity index (χ1) is 21.4. The number of carbonyl (C=O) groups excluding carboxylic acids is 2. The highest BCUT2D eigenvalue weighted by Gasteiger charge is 2.33. The first kappa shape index (κ1) is 32.6. The Balaban J connectivity index is 1.29. The van der Waals surface area contributed by atoms with Crippen LogP contribution < -0.4 is 15.8 Å². The summed E-state index contributed by atoms with van der Waals surface area (Å²) in [7, 11) is -4.40. The van der Waals surface area contributed by atoms with Crippen molar-refractivity contribution in [2.24, 2.45) is 11.7 Å². The van der Waals surface area contributed by atoms with Crippen molar-refractivity contribution < 1.29 is 31.2 Å². The molecule has 0 bridgehead atoms. The van der Waals surface area contributed by atoms with Crippen LogP contribution in [0.15, 0.2) is 77.7 Å². The molecule has 0 saturated carbocycles. The van der Waals surface area contributed by atoms with Gasteiger partial charge in [0.1, 0.15) is 0 Å². The number of alkyl halides is 3. The van der Waals surface area contributed by atoms with Gasteiger partial charge in [-0.15, -0.1) is 0 Å². The first-order valence-electron chi connectivity index (χ1n) is 15.1. The molecular weight excluding hydrogens is 605 g/mol. The Morgan fingerprint density at radius 3 is 2.49 bits per heavy atom. The van der Waals surface area contributed by atoms with E-state index in [-0.39, 0.29) is 30.2 Å². The van der Waals surface area contributed by atoms with Crippen molar-refractivity contribution in [3.8, 4) is 0 Å². The number of benzene rings is 3.